The van der Waals surface area contributed by atoms with E-state index in [1.807, 2.05) is 24.3 Å². The third-order valence-corrected chi connectivity index (χ3v) is 4.00. The smallest absolute Gasteiger partial charge is 0.102 e. The van der Waals surface area contributed by atoms with E-state index in [0.717, 1.165) is 36.8 Å². The number of rotatable bonds is 6. The first-order chi connectivity index (χ1) is 9.72. The summed E-state index contributed by atoms with van der Waals surface area (Å²) in [7, 11) is 1.75. The van der Waals surface area contributed by atoms with Gasteiger partial charge in [-0.25, -0.2) is 0 Å². The molecule has 1 aliphatic rings. The normalized spacial score (nSPS) is 24.6. The Bertz CT molecular complexity index is 393. The van der Waals surface area contributed by atoms with Crippen LogP contribution in [0.5, 0.6) is 0 Å². The van der Waals surface area contributed by atoms with E-state index in [1.54, 1.807) is 7.11 Å². The fourth-order valence-corrected chi connectivity index (χ4v) is 2.67. The quantitative estimate of drug-likeness (QED) is 0.837. The highest BCUT2D eigenvalue weighted by Crippen LogP contribution is 2.24. The van der Waals surface area contributed by atoms with Crippen LogP contribution in [0.15, 0.2) is 24.3 Å². The van der Waals surface area contributed by atoms with Crippen LogP contribution in [0.3, 0.4) is 0 Å². The van der Waals surface area contributed by atoms with E-state index in [9.17, 15) is 5.11 Å². The van der Waals surface area contributed by atoms with Crippen molar-refractivity contribution in [3.8, 4) is 0 Å². The molecule has 0 saturated heterocycles. The van der Waals surface area contributed by atoms with Crippen LogP contribution in [-0.4, -0.2) is 31.0 Å². The number of hydrogen-bond acceptors (Lipinski definition) is 4. The van der Waals surface area contributed by atoms with Gasteiger partial charge in [0.1, 0.15) is 6.10 Å². The van der Waals surface area contributed by atoms with E-state index in [1.165, 1.54) is 0 Å². The Kier molecular flexibility index (Phi) is 5.98. The average molecular weight is 279 g/mol. The summed E-state index contributed by atoms with van der Waals surface area (Å²) in [5.74, 6) is 0. The Morgan fingerprint density at radius 3 is 2.60 bits per heavy atom. The Morgan fingerprint density at radius 1 is 1.25 bits per heavy atom. The molecule has 0 aliphatic heterocycles. The molecule has 0 aromatic heterocycles. The molecule has 0 bridgehead atoms. The molecule has 112 valence electrons. The molecule has 2 rings (SSSR count). The molecule has 0 heterocycles. The standard InChI is InChI=1S/C16H25NO3/c1-19-14-3-2-4-15(9-14)20-11-16(18)13-7-5-12(10-17)6-8-13/h5-8,14-16,18H,2-4,9-11,17H2,1H3. The summed E-state index contributed by atoms with van der Waals surface area (Å²) in [6.45, 7) is 0.858. The summed E-state index contributed by atoms with van der Waals surface area (Å²) in [6, 6.07) is 7.71. The number of aliphatic hydroxyl groups is 1. The van der Waals surface area contributed by atoms with Gasteiger partial charge in [0.15, 0.2) is 0 Å². The molecule has 4 heteroatoms. The summed E-state index contributed by atoms with van der Waals surface area (Å²) in [5, 5.41) is 10.2. The molecule has 1 aliphatic carbocycles. The largest absolute Gasteiger partial charge is 0.386 e. The van der Waals surface area contributed by atoms with Crippen molar-refractivity contribution >= 4 is 0 Å². The van der Waals surface area contributed by atoms with Crippen LogP contribution in [0.2, 0.25) is 0 Å². The summed E-state index contributed by atoms with van der Waals surface area (Å²) in [4.78, 5) is 0. The number of nitrogens with two attached hydrogens (primary N) is 1. The molecule has 1 aromatic carbocycles. The van der Waals surface area contributed by atoms with E-state index < -0.39 is 6.10 Å². The second kappa shape index (κ2) is 7.74. The Hall–Kier alpha value is -0.940. The summed E-state index contributed by atoms with van der Waals surface area (Å²) in [5.41, 5.74) is 7.50. The maximum Gasteiger partial charge on any atom is 0.102 e. The molecule has 3 unspecified atom stereocenters. The lowest BCUT2D eigenvalue weighted by Gasteiger charge is -2.29. The van der Waals surface area contributed by atoms with Gasteiger partial charge in [0.2, 0.25) is 0 Å². The van der Waals surface area contributed by atoms with Crippen molar-refractivity contribution in [3.63, 3.8) is 0 Å². The zero-order valence-corrected chi connectivity index (χ0v) is 12.1. The van der Waals surface area contributed by atoms with Gasteiger partial charge in [-0.2, -0.15) is 0 Å². The Labute approximate surface area is 120 Å². The van der Waals surface area contributed by atoms with Crippen LogP contribution >= 0.6 is 0 Å². The maximum absolute atomic E-state index is 10.2. The first kappa shape index (κ1) is 15.4. The van der Waals surface area contributed by atoms with Gasteiger partial charge in [-0.1, -0.05) is 24.3 Å². The zero-order chi connectivity index (χ0) is 14.4. The third-order valence-electron chi connectivity index (χ3n) is 4.00. The van der Waals surface area contributed by atoms with Crippen molar-refractivity contribution in [3.05, 3.63) is 35.4 Å². The van der Waals surface area contributed by atoms with Crippen molar-refractivity contribution in [1.29, 1.82) is 0 Å². The van der Waals surface area contributed by atoms with Crippen LogP contribution in [0, 0.1) is 0 Å². The minimum absolute atomic E-state index is 0.201. The fraction of sp³-hybridized carbons (Fsp3) is 0.625. The minimum atomic E-state index is -0.579. The Morgan fingerprint density at radius 2 is 1.95 bits per heavy atom. The third kappa shape index (κ3) is 4.28. The van der Waals surface area contributed by atoms with Gasteiger partial charge >= 0.3 is 0 Å². The van der Waals surface area contributed by atoms with Crippen molar-refractivity contribution in [2.24, 2.45) is 5.73 Å². The van der Waals surface area contributed by atoms with Crippen molar-refractivity contribution in [1.82, 2.24) is 0 Å². The molecule has 1 aromatic rings. The lowest BCUT2D eigenvalue weighted by atomic mass is 9.95. The van der Waals surface area contributed by atoms with Crippen LogP contribution in [-0.2, 0) is 16.0 Å². The van der Waals surface area contributed by atoms with Crippen molar-refractivity contribution in [2.75, 3.05) is 13.7 Å². The van der Waals surface area contributed by atoms with Crippen molar-refractivity contribution < 1.29 is 14.6 Å². The fourth-order valence-electron chi connectivity index (χ4n) is 2.67. The molecule has 4 nitrogen and oxygen atoms in total. The predicted octanol–water partition coefficient (Wildman–Crippen LogP) is 2.15. The van der Waals surface area contributed by atoms with Crippen LogP contribution in [0.1, 0.15) is 42.9 Å². The van der Waals surface area contributed by atoms with Crippen LogP contribution in [0.4, 0.5) is 0 Å². The monoisotopic (exact) mass is 279 g/mol. The van der Waals surface area contributed by atoms with Gasteiger partial charge in [-0.05, 0) is 36.8 Å². The van der Waals surface area contributed by atoms with Crippen molar-refractivity contribution in [2.45, 2.75) is 50.5 Å². The lowest BCUT2D eigenvalue weighted by Crippen LogP contribution is -2.28. The maximum atomic E-state index is 10.2. The van der Waals surface area contributed by atoms with Gasteiger partial charge < -0.3 is 20.3 Å². The minimum Gasteiger partial charge on any atom is -0.386 e. The topological polar surface area (TPSA) is 64.7 Å². The number of hydrogen-bond donors (Lipinski definition) is 2. The summed E-state index contributed by atoms with van der Waals surface area (Å²) >= 11 is 0. The van der Waals surface area contributed by atoms with Gasteiger partial charge in [0.25, 0.3) is 0 Å². The van der Waals surface area contributed by atoms with E-state index in [2.05, 4.69) is 0 Å². The number of benzene rings is 1. The lowest BCUT2D eigenvalue weighted by molar-refractivity contribution is -0.0570. The van der Waals surface area contributed by atoms with Crippen LogP contribution in [0.25, 0.3) is 0 Å². The van der Waals surface area contributed by atoms with E-state index >= 15 is 0 Å². The highest BCUT2D eigenvalue weighted by Gasteiger charge is 2.23. The van der Waals surface area contributed by atoms with Gasteiger partial charge in [0, 0.05) is 13.7 Å². The predicted molar refractivity (Wildman–Crippen MR) is 78.3 cm³/mol. The summed E-state index contributed by atoms with van der Waals surface area (Å²) in [6.07, 6.45) is 4.14. The van der Waals surface area contributed by atoms with E-state index in [-0.39, 0.29) is 6.10 Å². The number of aliphatic hydroxyl groups excluding tert-OH is 1. The zero-order valence-electron chi connectivity index (χ0n) is 12.1. The molecule has 0 amide bonds. The Balaban J connectivity index is 1.80. The average Bonchev–Trinajstić information content (AvgIpc) is 2.53. The molecular formula is C16H25NO3. The molecule has 0 spiro atoms. The summed E-state index contributed by atoms with van der Waals surface area (Å²) < 4.78 is 11.2. The second-order valence-electron chi connectivity index (χ2n) is 5.44. The van der Waals surface area contributed by atoms with E-state index in [0.29, 0.717) is 19.3 Å². The van der Waals surface area contributed by atoms with E-state index in [4.69, 9.17) is 15.2 Å². The highest BCUT2D eigenvalue weighted by molar-refractivity contribution is 5.24. The van der Waals surface area contributed by atoms with Gasteiger partial charge in [0.05, 0.1) is 18.8 Å². The number of ether oxygens (including phenoxy) is 2. The molecular weight excluding hydrogens is 254 g/mol. The molecule has 1 saturated carbocycles. The molecule has 3 atom stereocenters. The highest BCUT2D eigenvalue weighted by atomic mass is 16.5. The molecule has 20 heavy (non-hydrogen) atoms. The molecule has 3 N–H and O–H groups in total. The first-order valence-electron chi connectivity index (χ1n) is 7.34. The van der Waals surface area contributed by atoms with Gasteiger partial charge in [-0.15, -0.1) is 0 Å². The molecule has 0 radical (unpaired) electrons. The first-order valence-corrected chi connectivity index (χ1v) is 7.34. The van der Waals surface area contributed by atoms with Crippen LogP contribution < -0.4 is 5.73 Å². The number of methoxy groups -OCH3 is 1. The van der Waals surface area contributed by atoms with Gasteiger partial charge in [-0.3, -0.25) is 0 Å². The SMILES string of the molecule is COC1CCCC(OCC(O)c2ccc(CN)cc2)C1. The second-order valence-corrected chi connectivity index (χ2v) is 5.44. The molecule has 1 fully saturated rings.